The Morgan fingerprint density at radius 1 is 1.14 bits per heavy atom. The number of rotatable bonds is 2. The fourth-order valence-electron chi connectivity index (χ4n) is 3.43. The van der Waals surface area contributed by atoms with Gasteiger partial charge < -0.3 is 10.2 Å². The molecule has 2 nitrogen and oxygen atoms in total. The van der Waals surface area contributed by atoms with Crippen molar-refractivity contribution >= 4 is 17.3 Å². The molecule has 1 N–H and O–H groups in total. The molecule has 2 aliphatic heterocycles. The number of hydrogen-bond acceptors (Lipinski definition) is 2. The number of benzene rings is 1. The van der Waals surface area contributed by atoms with Crippen LogP contribution in [0, 0.1) is 0 Å². The summed E-state index contributed by atoms with van der Waals surface area (Å²) in [6.07, 6.45) is 0.0165. The summed E-state index contributed by atoms with van der Waals surface area (Å²) >= 11 is 5.81. The lowest BCUT2D eigenvalue weighted by molar-refractivity contribution is -0.137. The highest BCUT2D eigenvalue weighted by Gasteiger charge is 2.33. The van der Waals surface area contributed by atoms with E-state index in [0.29, 0.717) is 11.7 Å². The van der Waals surface area contributed by atoms with Gasteiger partial charge in [-0.05, 0) is 50.4 Å². The third-order valence-electron chi connectivity index (χ3n) is 4.42. The van der Waals surface area contributed by atoms with Crippen molar-refractivity contribution in [3.63, 3.8) is 0 Å². The molecule has 0 aromatic heterocycles. The van der Waals surface area contributed by atoms with E-state index >= 15 is 0 Å². The maximum atomic E-state index is 12.8. The molecular formula is C15H18ClF3N2. The molecule has 2 heterocycles. The summed E-state index contributed by atoms with van der Waals surface area (Å²) in [7, 11) is 0. The first-order valence-electron chi connectivity index (χ1n) is 7.30. The molecule has 3 rings (SSSR count). The second kappa shape index (κ2) is 5.69. The molecule has 0 radical (unpaired) electrons. The van der Waals surface area contributed by atoms with Crippen molar-refractivity contribution in [2.45, 2.75) is 43.9 Å². The molecule has 1 aromatic rings. The fraction of sp³-hybridized carbons (Fsp3) is 0.600. The van der Waals surface area contributed by atoms with Crippen molar-refractivity contribution < 1.29 is 13.2 Å². The maximum Gasteiger partial charge on any atom is 0.416 e. The Labute approximate surface area is 127 Å². The minimum atomic E-state index is -4.36. The Bertz CT molecular complexity index is 518. The standard InChI is InChI=1S/C15H18ClF3N2/c16-11-6-10(15(17,18)19)7-13(8-11)20-12-3-5-21-4-1-2-14(21)9-12/h6-8,12,14,20H,1-5,9H2. The van der Waals surface area contributed by atoms with Gasteiger partial charge in [0.05, 0.1) is 5.56 Å². The average Bonchev–Trinajstić information content (AvgIpc) is 2.84. The van der Waals surface area contributed by atoms with Crippen molar-refractivity contribution in [3.8, 4) is 0 Å². The van der Waals surface area contributed by atoms with Crippen molar-refractivity contribution in [2.24, 2.45) is 0 Å². The van der Waals surface area contributed by atoms with Crippen LogP contribution in [0.25, 0.3) is 0 Å². The SMILES string of the molecule is FC(F)(F)c1cc(Cl)cc(NC2CCN3CCCC3C2)c1. The smallest absolute Gasteiger partial charge is 0.382 e. The zero-order valence-electron chi connectivity index (χ0n) is 11.6. The van der Waals surface area contributed by atoms with Crippen molar-refractivity contribution in [1.82, 2.24) is 4.90 Å². The van der Waals surface area contributed by atoms with E-state index in [1.54, 1.807) is 6.07 Å². The molecule has 116 valence electrons. The van der Waals surface area contributed by atoms with E-state index in [4.69, 9.17) is 11.6 Å². The minimum Gasteiger partial charge on any atom is -0.382 e. The molecule has 0 aliphatic carbocycles. The first-order chi connectivity index (χ1) is 9.91. The lowest BCUT2D eigenvalue weighted by atomic mass is 9.97. The number of alkyl halides is 3. The average molecular weight is 319 g/mol. The van der Waals surface area contributed by atoms with E-state index in [1.165, 1.54) is 12.8 Å². The van der Waals surface area contributed by atoms with E-state index in [1.807, 2.05) is 0 Å². The first kappa shape index (κ1) is 15.0. The second-order valence-corrected chi connectivity index (χ2v) is 6.36. The molecule has 0 spiro atoms. The van der Waals surface area contributed by atoms with E-state index < -0.39 is 11.7 Å². The van der Waals surface area contributed by atoms with Crippen LogP contribution in [-0.4, -0.2) is 30.1 Å². The van der Waals surface area contributed by atoms with Crippen LogP contribution in [0.2, 0.25) is 5.02 Å². The van der Waals surface area contributed by atoms with Gasteiger partial charge in [0, 0.05) is 29.3 Å². The van der Waals surface area contributed by atoms with Crippen LogP contribution in [0.4, 0.5) is 18.9 Å². The Balaban J connectivity index is 1.71. The van der Waals surface area contributed by atoms with Gasteiger partial charge in [0.25, 0.3) is 0 Å². The lowest BCUT2D eigenvalue weighted by Crippen LogP contribution is -2.42. The molecule has 2 fully saturated rings. The number of fused-ring (bicyclic) bond motifs is 1. The summed E-state index contributed by atoms with van der Waals surface area (Å²) < 4.78 is 38.4. The van der Waals surface area contributed by atoms with Crippen LogP contribution in [0.5, 0.6) is 0 Å². The molecule has 6 heteroatoms. The van der Waals surface area contributed by atoms with Crippen LogP contribution >= 0.6 is 11.6 Å². The van der Waals surface area contributed by atoms with Gasteiger partial charge in [-0.3, -0.25) is 0 Å². The predicted molar refractivity (Wildman–Crippen MR) is 77.7 cm³/mol. The topological polar surface area (TPSA) is 15.3 Å². The normalized spacial score (nSPS) is 26.7. The van der Waals surface area contributed by atoms with Crippen molar-refractivity contribution in [1.29, 1.82) is 0 Å². The van der Waals surface area contributed by atoms with E-state index in [-0.39, 0.29) is 11.1 Å². The number of piperidine rings is 1. The Morgan fingerprint density at radius 3 is 2.71 bits per heavy atom. The van der Waals surface area contributed by atoms with Gasteiger partial charge in [-0.2, -0.15) is 13.2 Å². The summed E-state index contributed by atoms with van der Waals surface area (Å²) in [5.74, 6) is 0. The van der Waals surface area contributed by atoms with Gasteiger partial charge >= 0.3 is 6.18 Å². The molecule has 2 saturated heterocycles. The largest absolute Gasteiger partial charge is 0.416 e. The molecule has 0 saturated carbocycles. The van der Waals surface area contributed by atoms with E-state index in [9.17, 15) is 13.2 Å². The minimum absolute atomic E-state index is 0.116. The number of nitrogens with zero attached hydrogens (tertiary/aromatic N) is 1. The zero-order valence-corrected chi connectivity index (χ0v) is 12.3. The van der Waals surface area contributed by atoms with Crippen LogP contribution in [0.15, 0.2) is 18.2 Å². The van der Waals surface area contributed by atoms with Gasteiger partial charge in [-0.15, -0.1) is 0 Å². The molecule has 2 unspecified atom stereocenters. The summed E-state index contributed by atoms with van der Waals surface area (Å²) in [6.45, 7) is 2.18. The van der Waals surface area contributed by atoms with Gasteiger partial charge in [-0.1, -0.05) is 11.6 Å². The van der Waals surface area contributed by atoms with Gasteiger partial charge in [0.2, 0.25) is 0 Å². The fourth-order valence-corrected chi connectivity index (χ4v) is 3.66. The Kier molecular flexibility index (Phi) is 4.06. The molecule has 0 bridgehead atoms. The molecule has 0 amide bonds. The van der Waals surface area contributed by atoms with Crippen molar-refractivity contribution in [3.05, 3.63) is 28.8 Å². The second-order valence-electron chi connectivity index (χ2n) is 5.92. The first-order valence-corrected chi connectivity index (χ1v) is 7.68. The highest BCUT2D eigenvalue weighted by molar-refractivity contribution is 6.30. The Morgan fingerprint density at radius 2 is 1.95 bits per heavy atom. The third-order valence-corrected chi connectivity index (χ3v) is 4.63. The van der Waals surface area contributed by atoms with Crippen LogP contribution in [0.3, 0.4) is 0 Å². The lowest BCUT2D eigenvalue weighted by Gasteiger charge is -2.35. The van der Waals surface area contributed by atoms with E-state index in [2.05, 4.69) is 10.2 Å². The van der Waals surface area contributed by atoms with Gasteiger partial charge in [0.1, 0.15) is 0 Å². The zero-order chi connectivity index (χ0) is 15.0. The molecule has 1 aromatic carbocycles. The number of nitrogens with one attached hydrogen (secondary N) is 1. The summed E-state index contributed by atoms with van der Waals surface area (Å²) in [5, 5.41) is 3.35. The van der Waals surface area contributed by atoms with Crippen LogP contribution < -0.4 is 5.32 Å². The monoisotopic (exact) mass is 318 g/mol. The highest BCUT2D eigenvalue weighted by Crippen LogP contribution is 2.34. The van der Waals surface area contributed by atoms with Gasteiger partial charge in [0.15, 0.2) is 0 Å². The van der Waals surface area contributed by atoms with Crippen LogP contribution in [0.1, 0.15) is 31.2 Å². The Hall–Kier alpha value is -0.940. The molecular weight excluding hydrogens is 301 g/mol. The quantitative estimate of drug-likeness (QED) is 0.869. The summed E-state index contributed by atoms with van der Waals surface area (Å²) in [6, 6.07) is 4.48. The molecule has 2 atom stereocenters. The molecule has 2 aliphatic rings. The number of hydrogen-bond donors (Lipinski definition) is 1. The highest BCUT2D eigenvalue weighted by atomic mass is 35.5. The van der Waals surface area contributed by atoms with Gasteiger partial charge in [-0.25, -0.2) is 0 Å². The third kappa shape index (κ3) is 3.46. The maximum absolute atomic E-state index is 12.8. The summed E-state index contributed by atoms with van der Waals surface area (Å²) in [4.78, 5) is 2.48. The van der Waals surface area contributed by atoms with E-state index in [0.717, 1.165) is 38.1 Å². The predicted octanol–water partition coefficient (Wildman–Crippen LogP) is 4.40. The molecule has 21 heavy (non-hydrogen) atoms. The van der Waals surface area contributed by atoms with Crippen molar-refractivity contribution in [2.75, 3.05) is 18.4 Å². The summed E-state index contributed by atoms with van der Waals surface area (Å²) in [5.41, 5.74) is -0.234. The number of halogens is 4. The van der Waals surface area contributed by atoms with Crippen LogP contribution in [-0.2, 0) is 6.18 Å². The number of anilines is 1.